The van der Waals surface area contributed by atoms with Gasteiger partial charge in [-0.1, -0.05) is 36.2 Å². The standard InChI is InChI=1S/C19H23Cl2N3O3/c1-12-5-7-19(8-6-12)17(26)24(18(27)22-19)11-16(25)23(2)10-13-3-4-14(20)15(21)9-13/h3-4,9,12H,5-8,10-11H2,1-2H3,(H,22,27). The fourth-order valence-corrected chi connectivity index (χ4v) is 3.99. The third kappa shape index (κ3) is 4.06. The molecule has 2 aliphatic rings. The van der Waals surface area contributed by atoms with E-state index < -0.39 is 11.6 Å². The van der Waals surface area contributed by atoms with Gasteiger partial charge < -0.3 is 10.2 Å². The predicted octanol–water partition coefficient (Wildman–Crippen LogP) is 3.45. The highest BCUT2D eigenvalue weighted by Gasteiger charge is 2.52. The van der Waals surface area contributed by atoms with Gasteiger partial charge in [-0.2, -0.15) is 0 Å². The number of nitrogens with zero attached hydrogens (tertiary/aromatic N) is 2. The zero-order chi connectivity index (χ0) is 19.8. The van der Waals surface area contributed by atoms with E-state index in [2.05, 4.69) is 12.2 Å². The molecule has 3 rings (SSSR count). The van der Waals surface area contributed by atoms with E-state index in [0.717, 1.165) is 23.3 Å². The third-order valence-corrected chi connectivity index (χ3v) is 6.24. The smallest absolute Gasteiger partial charge is 0.325 e. The van der Waals surface area contributed by atoms with Gasteiger partial charge in [0.15, 0.2) is 0 Å². The van der Waals surface area contributed by atoms with Gasteiger partial charge in [-0.15, -0.1) is 0 Å². The minimum atomic E-state index is -0.827. The van der Waals surface area contributed by atoms with Crippen molar-refractivity contribution in [2.75, 3.05) is 13.6 Å². The van der Waals surface area contributed by atoms with Crippen molar-refractivity contribution in [1.29, 1.82) is 0 Å². The van der Waals surface area contributed by atoms with Crippen LogP contribution in [0.5, 0.6) is 0 Å². The van der Waals surface area contributed by atoms with Crippen molar-refractivity contribution in [3.05, 3.63) is 33.8 Å². The molecular weight excluding hydrogens is 389 g/mol. The fourth-order valence-electron chi connectivity index (χ4n) is 3.67. The molecule has 1 aliphatic carbocycles. The van der Waals surface area contributed by atoms with E-state index in [1.807, 2.05) is 0 Å². The van der Waals surface area contributed by atoms with Crippen molar-refractivity contribution in [3.63, 3.8) is 0 Å². The summed E-state index contributed by atoms with van der Waals surface area (Å²) in [5, 5.41) is 3.69. The number of imide groups is 1. The molecule has 1 N–H and O–H groups in total. The number of hydrogen-bond acceptors (Lipinski definition) is 3. The van der Waals surface area contributed by atoms with Crippen LogP contribution in [0.25, 0.3) is 0 Å². The highest BCUT2D eigenvalue weighted by Crippen LogP contribution is 2.36. The molecule has 0 unspecified atom stereocenters. The van der Waals surface area contributed by atoms with Gasteiger partial charge in [0.25, 0.3) is 5.91 Å². The predicted molar refractivity (Wildman–Crippen MR) is 104 cm³/mol. The molecule has 4 amide bonds. The summed E-state index contributed by atoms with van der Waals surface area (Å²) in [6.07, 6.45) is 3.04. The first-order valence-corrected chi connectivity index (χ1v) is 9.79. The summed E-state index contributed by atoms with van der Waals surface area (Å²) >= 11 is 11.9. The third-order valence-electron chi connectivity index (χ3n) is 5.50. The quantitative estimate of drug-likeness (QED) is 0.771. The molecule has 2 fully saturated rings. The van der Waals surface area contributed by atoms with Gasteiger partial charge in [0.2, 0.25) is 5.91 Å². The molecule has 1 aromatic rings. The summed E-state index contributed by atoms with van der Waals surface area (Å²) in [6, 6.07) is 4.66. The molecule has 1 aliphatic heterocycles. The van der Waals surface area contributed by atoms with Gasteiger partial charge in [0.1, 0.15) is 12.1 Å². The average Bonchev–Trinajstić information content (AvgIpc) is 2.85. The first-order chi connectivity index (χ1) is 12.7. The van der Waals surface area contributed by atoms with Crippen molar-refractivity contribution in [2.45, 2.75) is 44.7 Å². The highest BCUT2D eigenvalue weighted by atomic mass is 35.5. The largest absolute Gasteiger partial charge is 0.340 e. The van der Waals surface area contributed by atoms with Gasteiger partial charge in [-0.3, -0.25) is 14.5 Å². The first-order valence-electron chi connectivity index (χ1n) is 9.04. The molecule has 0 aromatic heterocycles. The van der Waals surface area contributed by atoms with E-state index in [1.165, 1.54) is 4.90 Å². The van der Waals surface area contributed by atoms with Crippen molar-refractivity contribution in [1.82, 2.24) is 15.1 Å². The molecule has 27 heavy (non-hydrogen) atoms. The number of likely N-dealkylation sites (N-methyl/N-ethyl adjacent to an activating group) is 1. The molecule has 1 saturated heterocycles. The van der Waals surface area contributed by atoms with Crippen molar-refractivity contribution in [3.8, 4) is 0 Å². The van der Waals surface area contributed by atoms with Crippen LogP contribution in [0.2, 0.25) is 10.0 Å². The van der Waals surface area contributed by atoms with Gasteiger partial charge in [0.05, 0.1) is 10.0 Å². The number of benzene rings is 1. The summed E-state index contributed by atoms with van der Waals surface area (Å²) in [4.78, 5) is 40.2. The van der Waals surface area contributed by atoms with Crippen LogP contribution in [0.15, 0.2) is 18.2 Å². The lowest BCUT2D eigenvalue weighted by atomic mass is 9.77. The molecule has 0 radical (unpaired) electrons. The first kappa shape index (κ1) is 20.0. The molecule has 8 heteroatoms. The average molecular weight is 412 g/mol. The molecule has 6 nitrogen and oxygen atoms in total. The Morgan fingerprint density at radius 1 is 1.26 bits per heavy atom. The van der Waals surface area contributed by atoms with Crippen LogP contribution < -0.4 is 5.32 Å². The minimum Gasteiger partial charge on any atom is -0.340 e. The number of urea groups is 1. The summed E-state index contributed by atoms with van der Waals surface area (Å²) in [7, 11) is 1.63. The van der Waals surface area contributed by atoms with E-state index in [1.54, 1.807) is 25.2 Å². The van der Waals surface area contributed by atoms with Crippen LogP contribution >= 0.6 is 23.2 Å². The summed E-state index contributed by atoms with van der Waals surface area (Å²) < 4.78 is 0. The Balaban J connectivity index is 1.63. The molecular formula is C19H23Cl2N3O3. The lowest BCUT2D eigenvalue weighted by molar-refractivity contribution is -0.139. The van der Waals surface area contributed by atoms with Crippen LogP contribution in [0, 0.1) is 5.92 Å². The van der Waals surface area contributed by atoms with Gasteiger partial charge in [-0.25, -0.2) is 4.79 Å². The van der Waals surface area contributed by atoms with E-state index in [4.69, 9.17) is 23.2 Å². The zero-order valence-electron chi connectivity index (χ0n) is 15.4. The van der Waals surface area contributed by atoms with Gasteiger partial charge in [0, 0.05) is 13.6 Å². The Bertz CT molecular complexity index is 775. The highest BCUT2D eigenvalue weighted by molar-refractivity contribution is 6.42. The molecule has 1 spiro atoms. The number of carbonyl (C=O) groups is 3. The zero-order valence-corrected chi connectivity index (χ0v) is 16.9. The van der Waals surface area contributed by atoms with Crippen molar-refractivity contribution in [2.24, 2.45) is 5.92 Å². The number of hydrogen-bond donors (Lipinski definition) is 1. The maximum atomic E-state index is 12.8. The summed E-state index contributed by atoms with van der Waals surface area (Å²) in [5.74, 6) is -0.0465. The summed E-state index contributed by atoms with van der Waals surface area (Å²) in [5.41, 5.74) is -0.0122. The number of halogens is 2. The Morgan fingerprint density at radius 3 is 2.56 bits per heavy atom. The minimum absolute atomic E-state index is 0.264. The maximum absolute atomic E-state index is 12.8. The van der Waals surface area contributed by atoms with Crippen molar-refractivity contribution < 1.29 is 14.4 Å². The second-order valence-corrected chi connectivity index (χ2v) is 8.40. The van der Waals surface area contributed by atoms with Crippen LogP contribution in [-0.4, -0.2) is 46.8 Å². The number of nitrogens with one attached hydrogen (secondary N) is 1. The van der Waals surface area contributed by atoms with Gasteiger partial charge in [-0.05, 0) is 49.3 Å². The van der Waals surface area contributed by atoms with Crippen molar-refractivity contribution >= 4 is 41.0 Å². The van der Waals surface area contributed by atoms with E-state index in [9.17, 15) is 14.4 Å². The topological polar surface area (TPSA) is 69.7 Å². The Kier molecular flexibility index (Phi) is 5.68. The molecule has 0 bridgehead atoms. The number of carbonyl (C=O) groups excluding carboxylic acids is 3. The molecule has 0 atom stereocenters. The van der Waals surface area contributed by atoms with E-state index in [0.29, 0.717) is 35.3 Å². The van der Waals surface area contributed by atoms with Gasteiger partial charge >= 0.3 is 6.03 Å². The van der Waals surface area contributed by atoms with Crippen LogP contribution in [0.3, 0.4) is 0 Å². The molecule has 1 saturated carbocycles. The second kappa shape index (κ2) is 7.68. The lowest BCUT2D eigenvalue weighted by Crippen LogP contribution is -2.50. The second-order valence-electron chi connectivity index (χ2n) is 7.58. The van der Waals surface area contributed by atoms with E-state index >= 15 is 0 Å². The maximum Gasteiger partial charge on any atom is 0.325 e. The Morgan fingerprint density at radius 2 is 1.93 bits per heavy atom. The molecule has 1 heterocycles. The normalized spacial score (nSPS) is 25.0. The van der Waals surface area contributed by atoms with Crippen LogP contribution in [0.4, 0.5) is 4.79 Å². The number of amides is 4. The monoisotopic (exact) mass is 411 g/mol. The fraction of sp³-hybridized carbons (Fsp3) is 0.526. The molecule has 1 aromatic carbocycles. The summed E-state index contributed by atoms with van der Waals surface area (Å²) in [6.45, 7) is 2.19. The molecule has 146 valence electrons. The lowest BCUT2D eigenvalue weighted by Gasteiger charge is -2.33. The van der Waals surface area contributed by atoms with Crippen LogP contribution in [0.1, 0.15) is 38.2 Å². The SMILES string of the molecule is CC1CCC2(CC1)NC(=O)N(CC(=O)N(C)Cc1ccc(Cl)c(Cl)c1)C2=O. The Hall–Kier alpha value is -1.79. The van der Waals surface area contributed by atoms with Crippen LogP contribution in [-0.2, 0) is 16.1 Å². The van der Waals surface area contributed by atoms with E-state index in [-0.39, 0.29) is 18.4 Å². The Labute approximate surface area is 168 Å². The number of rotatable bonds is 4.